The number of nitrogens with one attached hydrogen (secondary N) is 2. The summed E-state index contributed by atoms with van der Waals surface area (Å²) >= 11 is 0. The maximum Gasteiger partial charge on any atom is 0.0511 e. The monoisotopic (exact) mass is 767 g/mol. The molecule has 3 aliphatic rings. The molecule has 2 aromatic heterocycles. The van der Waals surface area contributed by atoms with Gasteiger partial charge in [0.2, 0.25) is 0 Å². The van der Waals surface area contributed by atoms with Crippen molar-refractivity contribution in [2.45, 2.75) is 102 Å². The number of rotatable bonds is 12. The lowest BCUT2D eigenvalue weighted by Crippen LogP contribution is -2.51. The second-order valence-corrected chi connectivity index (χ2v) is 17.4. The molecule has 2 aliphatic heterocycles. The summed E-state index contributed by atoms with van der Waals surface area (Å²) in [6.07, 6.45) is 12.9. The molecule has 6 aromatic rings. The molecule has 6 heteroatoms. The van der Waals surface area contributed by atoms with E-state index in [1.54, 1.807) is 0 Å². The summed E-state index contributed by atoms with van der Waals surface area (Å²) in [5, 5.41) is 2.82. The van der Waals surface area contributed by atoms with Gasteiger partial charge in [-0.15, -0.1) is 12.4 Å². The van der Waals surface area contributed by atoms with E-state index in [-0.39, 0.29) is 23.4 Å². The number of nitrogens with zero attached hydrogens (tertiary/aromatic N) is 3. The van der Waals surface area contributed by atoms with E-state index in [1.165, 1.54) is 98.7 Å². The van der Waals surface area contributed by atoms with Gasteiger partial charge in [-0.25, -0.2) is 0 Å². The lowest BCUT2D eigenvalue weighted by molar-refractivity contribution is 0.0642. The van der Waals surface area contributed by atoms with E-state index in [4.69, 9.17) is 0 Å². The number of benzene rings is 4. The van der Waals surface area contributed by atoms with Gasteiger partial charge in [-0.05, 0) is 117 Å². The molecule has 1 saturated carbocycles. The van der Waals surface area contributed by atoms with Crippen molar-refractivity contribution in [1.29, 1.82) is 0 Å². The Balaban J connectivity index is 0.00000441. The van der Waals surface area contributed by atoms with E-state index in [2.05, 4.69) is 143 Å². The van der Waals surface area contributed by atoms with Gasteiger partial charge in [0, 0.05) is 78.0 Å². The van der Waals surface area contributed by atoms with Crippen molar-refractivity contribution in [2.75, 3.05) is 40.3 Å². The Kier molecular flexibility index (Phi) is 11.5. The van der Waals surface area contributed by atoms with Crippen molar-refractivity contribution in [1.82, 2.24) is 24.7 Å². The third-order valence-electron chi connectivity index (χ3n) is 14.3. The topological polar surface area (TPSA) is 41.3 Å². The molecule has 0 radical (unpaired) electrons. The molecule has 0 spiro atoms. The number of para-hydroxylation sites is 2. The fourth-order valence-electron chi connectivity index (χ4n) is 11.0. The van der Waals surface area contributed by atoms with Crippen LogP contribution in [0, 0.1) is 0 Å². The Morgan fingerprint density at radius 3 is 1.50 bits per heavy atom. The number of aromatic nitrogens is 2. The Morgan fingerprint density at radius 1 is 0.589 bits per heavy atom. The summed E-state index contributed by atoms with van der Waals surface area (Å²) in [5.74, 6) is 0. The van der Waals surface area contributed by atoms with Gasteiger partial charge in [-0.2, -0.15) is 0 Å². The fourth-order valence-corrected chi connectivity index (χ4v) is 11.0. The van der Waals surface area contributed by atoms with Gasteiger partial charge >= 0.3 is 0 Å². The maximum absolute atomic E-state index is 4.20. The molecule has 294 valence electrons. The van der Waals surface area contributed by atoms with Crippen LogP contribution in [0.4, 0.5) is 0 Å². The van der Waals surface area contributed by atoms with E-state index in [0.29, 0.717) is 0 Å². The van der Waals surface area contributed by atoms with E-state index in [1.807, 2.05) is 0 Å². The standard InChI is InChI=1S/C50H61N5.ClH/c1-4-5-26-49(53(2)3)27-29-50(30-28-49,47-43(41-18-10-12-20-45(41)51-47)24-33-54-31-22-37-14-6-8-16-39(37)35-54)48-44(42-19-11-13-21-46(42)52-48)25-34-55-32-23-38-15-7-9-17-40(38)36-55;/h6-21,51-52H,4-5,22-36H2,1-3H3;1H. The highest BCUT2D eigenvalue weighted by Gasteiger charge is 2.49. The summed E-state index contributed by atoms with van der Waals surface area (Å²) in [7, 11) is 4.69. The van der Waals surface area contributed by atoms with Gasteiger partial charge in [0.05, 0.1) is 5.41 Å². The van der Waals surface area contributed by atoms with Crippen LogP contribution in [-0.2, 0) is 44.2 Å². The number of hydrogen-bond donors (Lipinski definition) is 2. The first-order valence-corrected chi connectivity index (χ1v) is 21.4. The molecule has 4 aromatic carbocycles. The zero-order chi connectivity index (χ0) is 37.4. The second kappa shape index (κ2) is 16.5. The zero-order valence-electron chi connectivity index (χ0n) is 34.0. The van der Waals surface area contributed by atoms with Crippen molar-refractivity contribution in [2.24, 2.45) is 0 Å². The van der Waals surface area contributed by atoms with E-state index in [0.717, 1.165) is 77.8 Å². The number of hydrogen-bond acceptors (Lipinski definition) is 3. The summed E-state index contributed by atoms with van der Waals surface area (Å²) in [5.41, 5.74) is 14.8. The predicted molar refractivity (Wildman–Crippen MR) is 237 cm³/mol. The minimum atomic E-state index is -0.128. The molecule has 4 heterocycles. The minimum Gasteiger partial charge on any atom is -0.357 e. The molecular weight excluding hydrogens is 706 g/mol. The van der Waals surface area contributed by atoms with Crippen LogP contribution in [0.25, 0.3) is 21.8 Å². The van der Waals surface area contributed by atoms with Gasteiger partial charge in [-0.1, -0.05) is 105 Å². The van der Waals surface area contributed by atoms with Crippen molar-refractivity contribution in [3.63, 3.8) is 0 Å². The third kappa shape index (κ3) is 7.26. The number of unbranched alkanes of at least 4 members (excludes halogenated alkanes) is 1. The lowest BCUT2D eigenvalue weighted by atomic mass is 9.61. The van der Waals surface area contributed by atoms with Gasteiger partial charge in [0.25, 0.3) is 0 Å². The summed E-state index contributed by atoms with van der Waals surface area (Å²) in [6, 6.07) is 36.5. The quantitative estimate of drug-likeness (QED) is 0.130. The molecule has 0 atom stereocenters. The molecule has 0 amide bonds. The van der Waals surface area contributed by atoms with Crippen LogP contribution >= 0.6 is 12.4 Å². The van der Waals surface area contributed by atoms with Crippen LogP contribution in [0.2, 0.25) is 0 Å². The minimum absolute atomic E-state index is 0. The zero-order valence-corrected chi connectivity index (χ0v) is 34.8. The number of halogens is 1. The molecule has 0 unspecified atom stereocenters. The second-order valence-electron chi connectivity index (χ2n) is 17.4. The highest BCUT2D eigenvalue weighted by molar-refractivity contribution is 5.88. The van der Waals surface area contributed by atoms with E-state index < -0.39 is 0 Å². The maximum atomic E-state index is 4.20. The first-order valence-electron chi connectivity index (χ1n) is 21.4. The van der Waals surface area contributed by atoms with Crippen LogP contribution in [0.3, 0.4) is 0 Å². The summed E-state index contributed by atoms with van der Waals surface area (Å²) in [4.78, 5) is 16.4. The summed E-state index contributed by atoms with van der Waals surface area (Å²) in [6.45, 7) is 8.88. The van der Waals surface area contributed by atoms with Crippen molar-refractivity contribution >= 4 is 34.2 Å². The number of fused-ring (bicyclic) bond motifs is 4. The molecule has 1 fully saturated rings. The van der Waals surface area contributed by atoms with Crippen LogP contribution in [-0.4, -0.2) is 70.5 Å². The van der Waals surface area contributed by atoms with Crippen LogP contribution < -0.4 is 0 Å². The van der Waals surface area contributed by atoms with Gasteiger partial charge in [-0.3, -0.25) is 9.80 Å². The molecule has 56 heavy (non-hydrogen) atoms. The summed E-state index contributed by atoms with van der Waals surface area (Å²) < 4.78 is 0. The lowest BCUT2D eigenvalue weighted by Gasteiger charge is -2.50. The van der Waals surface area contributed by atoms with Gasteiger partial charge < -0.3 is 14.9 Å². The Morgan fingerprint density at radius 2 is 1.04 bits per heavy atom. The van der Waals surface area contributed by atoms with Gasteiger partial charge in [0.15, 0.2) is 0 Å². The molecule has 2 N–H and O–H groups in total. The van der Waals surface area contributed by atoms with Crippen LogP contribution in [0.1, 0.15) is 96.6 Å². The van der Waals surface area contributed by atoms with E-state index >= 15 is 0 Å². The SMILES string of the molecule is CCCCC1(N(C)C)CCC(c2[nH]c3ccccc3c2CCN2CCc3ccccc3C2)(c2[nH]c3ccccc3c2CCN2CCc3ccccc3C2)CC1.Cl. The van der Waals surface area contributed by atoms with Crippen LogP contribution in [0.15, 0.2) is 97.1 Å². The number of H-pyrrole nitrogens is 2. The molecule has 5 nitrogen and oxygen atoms in total. The highest BCUT2D eigenvalue weighted by Crippen LogP contribution is 2.53. The van der Waals surface area contributed by atoms with Crippen molar-refractivity contribution in [3.05, 3.63) is 142 Å². The van der Waals surface area contributed by atoms with Gasteiger partial charge in [0.1, 0.15) is 0 Å². The first-order chi connectivity index (χ1) is 27.0. The Labute approximate surface area is 341 Å². The molecule has 0 saturated heterocycles. The van der Waals surface area contributed by atoms with Crippen molar-refractivity contribution in [3.8, 4) is 0 Å². The fraction of sp³-hybridized carbons (Fsp3) is 0.440. The first kappa shape index (κ1) is 39.0. The smallest absolute Gasteiger partial charge is 0.0511 e. The largest absolute Gasteiger partial charge is 0.357 e. The molecular formula is C50H62ClN5. The number of aromatic amines is 2. The Bertz CT molecular complexity index is 2110. The predicted octanol–water partition coefficient (Wildman–Crippen LogP) is 10.6. The Hall–Kier alpha value is -3.87. The normalized spacial score (nSPS) is 18.2. The van der Waals surface area contributed by atoms with Crippen LogP contribution in [0.5, 0.6) is 0 Å². The van der Waals surface area contributed by atoms with E-state index in [9.17, 15) is 0 Å². The average molecular weight is 769 g/mol. The molecule has 1 aliphatic carbocycles. The third-order valence-corrected chi connectivity index (χ3v) is 14.3. The van der Waals surface area contributed by atoms with Crippen molar-refractivity contribution < 1.29 is 0 Å². The molecule has 0 bridgehead atoms. The highest BCUT2D eigenvalue weighted by atomic mass is 35.5. The average Bonchev–Trinajstić information content (AvgIpc) is 3.80. The molecule has 9 rings (SSSR count).